The maximum absolute atomic E-state index is 2.40. The summed E-state index contributed by atoms with van der Waals surface area (Å²) < 4.78 is 2.63. The summed E-state index contributed by atoms with van der Waals surface area (Å²) in [5.74, 6) is 0. The van der Waals surface area contributed by atoms with Crippen LogP contribution >= 0.6 is 11.3 Å². The lowest BCUT2D eigenvalue weighted by molar-refractivity contribution is 1.29. The van der Waals surface area contributed by atoms with Gasteiger partial charge in [0.05, 0.1) is 0 Å². The Bertz CT molecular complexity index is 2530. The molecule has 0 radical (unpaired) electrons. The molecule has 48 heavy (non-hydrogen) atoms. The third kappa shape index (κ3) is 5.04. The van der Waals surface area contributed by atoms with Crippen LogP contribution in [0.3, 0.4) is 0 Å². The van der Waals surface area contributed by atoms with Crippen LogP contribution in [0, 0.1) is 0 Å². The highest BCUT2D eigenvalue weighted by Gasteiger charge is 2.17. The third-order valence-corrected chi connectivity index (χ3v) is 10.5. The standard InChI is InChI=1S/C46H31NS/c1-4-13-32(14-5-1)33-23-25-34(26-24-33)36-17-12-20-38(29-36)47(37-18-8-3-9-19-37)39-27-28-45-43(30-39)44-31-42(35-15-6-2-7-16-35)40-21-10-11-22-41(40)46(44)48-45/h1-31H. The predicted molar refractivity (Wildman–Crippen MR) is 208 cm³/mol. The van der Waals surface area contributed by atoms with Crippen LogP contribution in [0.4, 0.5) is 17.1 Å². The minimum absolute atomic E-state index is 1.13. The van der Waals surface area contributed by atoms with Crippen molar-refractivity contribution < 1.29 is 0 Å². The average Bonchev–Trinajstić information content (AvgIpc) is 3.54. The first-order valence-corrected chi connectivity index (χ1v) is 17.2. The highest BCUT2D eigenvalue weighted by molar-refractivity contribution is 7.26. The van der Waals surface area contributed by atoms with Gasteiger partial charge in [-0.15, -0.1) is 11.3 Å². The summed E-state index contributed by atoms with van der Waals surface area (Å²) in [6.45, 7) is 0. The summed E-state index contributed by atoms with van der Waals surface area (Å²) in [6, 6.07) is 68.0. The molecule has 226 valence electrons. The number of fused-ring (bicyclic) bond motifs is 5. The SMILES string of the molecule is c1ccc(-c2ccc(-c3cccc(N(c4ccccc4)c4ccc5sc6c7ccccc7c(-c7ccccc7)cc6c5c4)c3)cc2)cc1. The maximum atomic E-state index is 2.40. The number of hydrogen-bond acceptors (Lipinski definition) is 2. The Balaban J connectivity index is 1.19. The van der Waals surface area contributed by atoms with Gasteiger partial charge in [-0.1, -0.05) is 140 Å². The number of benzene rings is 8. The van der Waals surface area contributed by atoms with Crippen LogP contribution in [0.25, 0.3) is 64.3 Å². The molecule has 1 heterocycles. The van der Waals surface area contributed by atoms with E-state index in [1.165, 1.54) is 64.3 Å². The molecular formula is C46H31NS. The topological polar surface area (TPSA) is 3.24 Å². The van der Waals surface area contributed by atoms with Gasteiger partial charge >= 0.3 is 0 Å². The van der Waals surface area contributed by atoms with Gasteiger partial charge in [0.1, 0.15) is 0 Å². The van der Waals surface area contributed by atoms with Crippen LogP contribution in [0.2, 0.25) is 0 Å². The zero-order valence-corrected chi connectivity index (χ0v) is 27.1. The van der Waals surface area contributed by atoms with Gasteiger partial charge in [0.25, 0.3) is 0 Å². The number of anilines is 3. The average molecular weight is 630 g/mol. The highest BCUT2D eigenvalue weighted by atomic mass is 32.1. The second kappa shape index (κ2) is 12.0. The molecule has 9 rings (SSSR count). The van der Waals surface area contributed by atoms with Crippen molar-refractivity contribution in [2.24, 2.45) is 0 Å². The predicted octanol–water partition coefficient (Wildman–Crippen LogP) is 13.7. The Morgan fingerprint density at radius 3 is 1.58 bits per heavy atom. The van der Waals surface area contributed by atoms with E-state index >= 15 is 0 Å². The first-order valence-electron chi connectivity index (χ1n) is 16.3. The van der Waals surface area contributed by atoms with E-state index in [0.717, 1.165) is 17.1 Å². The molecule has 0 bridgehead atoms. The van der Waals surface area contributed by atoms with Crippen molar-refractivity contribution in [2.45, 2.75) is 0 Å². The van der Waals surface area contributed by atoms with Gasteiger partial charge < -0.3 is 4.90 Å². The van der Waals surface area contributed by atoms with Crippen LogP contribution in [0.15, 0.2) is 188 Å². The summed E-state index contributed by atoms with van der Waals surface area (Å²) >= 11 is 1.89. The fourth-order valence-corrected chi connectivity index (χ4v) is 8.12. The van der Waals surface area contributed by atoms with Gasteiger partial charge in [0, 0.05) is 42.6 Å². The molecule has 0 fully saturated rings. The second-order valence-corrected chi connectivity index (χ2v) is 13.2. The van der Waals surface area contributed by atoms with E-state index in [4.69, 9.17) is 0 Å². The highest BCUT2D eigenvalue weighted by Crippen LogP contribution is 2.45. The number of rotatable bonds is 6. The Hall–Kier alpha value is -5.96. The van der Waals surface area contributed by atoms with E-state index in [9.17, 15) is 0 Å². The summed E-state index contributed by atoms with van der Waals surface area (Å²) in [4.78, 5) is 2.38. The molecule has 1 aromatic heterocycles. The largest absolute Gasteiger partial charge is 0.310 e. The Morgan fingerprint density at radius 1 is 0.312 bits per heavy atom. The normalized spacial score (nSPS) is 11.3. The van der Waals surface area contributed by atoms with Crippen LogP contribution in [0.5, 0.6) is 0 Å². The van der Waals surface area contributed by atoms with Crippen LogP contribution < -0.4 is 4.90 Å². The van der Waals surface area contributed by atoms with Gasteiger partial charge in [0.15, 0.2) is 0 Å². The van der Waals surface area contributed by atoms with E-state index in [-0.39, 0.29) is 0 Å². The molecular weight excluding hydrogens is 599 g/mol. The molecule has 0 amide bonds. The number of nitrogens with zero attached hydrogens (tertiary/aromatic N) is 1. The smallest absolute Gasteiger partial charge is 0.0468 e. The number of para-hydroxylation sites is 1. The van der Waals surface area contributed by atoms with Crippen molar-refractivity contribution in [1.29, 1.82) is 0 Å². The molecule has 0 aliphatic rings. The fraction of sp³-hybridized carbons (Fsp3) is 0. The molecule has 1 nitrogen and oxygen atoms in total. The lowest BCUT2D eigenvalue weighted by atomic mass is 9.95. The monoisotopic (exact) mass is 629 g/mol. The molecule has 9 aromatic rings. The van der Waals surface area contributed by atoms with Gasteiger partial charge in [-0.25, -0.2) is 0 Å². The van der Waals surface area contributed by atoms with Gasteiger partial charge in [0.2, 0.25) is 0 Å². The van der Waals surface area contributed by atoms with E-state index in [1.54, 1.807) is 0 Å². The van der Waals surface area contributed by atoms with Crippen molar-refractivity contribution in [3.63, 3.8) is 0 Å². The molecule has 0 saturated heterocycles. The molecule has 0 aliphatic heterocycles. The van der Waals surface area contributed by atoms with Crippen molar-refractivity contribution in [3.05, 3.63) is 188 Å². The van der Waals surface area contributed by atoms with Crippen molar-refractivity contribution >= 4 is 59.3 Å². The first-order chi connectivity index (χ1) is 23.8. The molecule has 0 saturated carbocycles. The van der Waals surface area contributed by atoms with Crippen LogP contribution in [-0.4, -0.2) is 0 Å². The van der Waals surface area contributed by atoms with Gasteiger partial charge in [-0.05, 0) is 87.3 Å². The molecule has 8 aromatic carbocycles. The van der Waals surface area contributed by atoms with E-state index < -0.39 is 0 Å². The number of thiophene rings is 1. The van der Waals surface area contributed by atoms with Crippen LogP contribution in [0.1, 0.15) is 0 Å². The summed E-state index contributed by atoms with van der Waals surface area (Å²) in [6.07, 6.45) is 0. The molecule has 0 aliphatic carbocycles. The molecule has 0 unspecified atom stereocenters. The zero-order chi connectivity index (χ0) is 31.9. The second-order valence-electron chi connectivity index (χ2n) is 12.2. The van der Waals surface area contributed by atoms with Crippen molar-refractivity contribution in [3.8, 4) is 33.4 Å². The molecule has 0 atom stereocenters. The van der Waals surface area contributed by atoms with Crippen molar-refractivity contribution in [1.82, 2.24) is 0 Å². The lowest BCUT2D eigenvalue weighted by Gasteiger charge is -2.26. The minimum atomic E-state index is 1.13. The van der Waals surface area contributed by atoms with E-state index in [1.807, 2.05) is 11.3 Å². The maximum Gasteiger partial charge on any atom is 0.0468 e. The van der Waals surface area contributed by atoms with E-state index in [0.29, 0.717) is 0 Å². The number of hydrogen-bond donors (Lipinski definition) is 0. The molecule has 0 N–H and O–H groups in total. The Kier molecular flexibility index (Phi) is 7.07. The fourth-order valence-electron chi connectivity index (χ4n) is 6.92. The van der Waals surface area contributed by atoms with Crippen molar-refractivity contribution in [2.75, 3.05) is 4.90 Å². The van der Waals surface area contributed by atoms with Gasteiger partial charge in [-0.2, -0.15) is 0 Å². The minimum Gasteiger partial charge on any atom is -0.310 e. The zero-order valence-electron chi connectivity index (χ0n) is 26.3. The quantitative estimate of drug-likeness (QED) is 0.177. The Labute approximate surface area is 284 Å². The Morgan fingerprint density at radius 2 is 0.854 bits per heavy atom. The lowest BCUT2D eigenvalue weighted by Crippen LogP contribution is -2.09. The summed E-state index contributed by atoms with van der Waals surface area (Å²) in [5, 5.41) is 5.18. The molecule has 2 heteroatoms. The third-order valence-electron chi connectivity index (χ3n) is 9.25. The summed E-state index contributed by atoms with van der Waals surface area (Å²) in [7, 11) is 0. The summed E-state index contributed by atoms with van der Waals surface area (Å²) in [5.41, 5.74) is 10.7. The van der Waals surface area contributed by atoms with Gasteiger partial charge in [-0.3, -0.25) is 0 Å². The van der Waals surface area contributed by atoms with E-state index in [2.05, 4.69) is 193 Å². The molecule has 0 spiro atoms. The first kappa shape index (κ1) is 28.3. The van der Waals surface area contributed by atoms with Crippen LogP contribution in [-0.2, 0) is 0 Å².